The molecule has 4 nitrogen and oxygen atoms in total. The van der Waals surface area contributed by atoms with E-state index in [1.807, 2.05) is 42.6 Å². The second-order valence-corrected chi connectivity index (χ2v) is 3.86. The van der Waals surface area contributed by atoms with E-state index in [4.69, 9.17) is 0 Å². The van der Waals surface area contributed by atoms with Crippen LogP contribution >= 0.6 is 0 Å². The average Bonchev–Trinajstić information content (AvgIpc) is 2.28. The van der Waals surface area contributed by atoms with Crippen molar-refractivity contribution in [1.29, 1.82) is 0 Å². The van der Waals surface area contributed by atoms with Crippen molar-refractivity contribution in [3.63, 3.8) is 0 Å². The standard InChI is InChI=1S/C12H17NO3/c1-9(13-8-7-11(14)15)12(16)10-5-3-2-4-6-10/h2-6,9,12-13,16H,7-8H2,1H3,(H,14,15)/t9-,12-/m0/s1. The molecule has 16 heavy (non-hydrogen) atoms. The molecular weight excluding hydrogens is 206 g/mol. The average molecular weight is 223 g/mol. The van der Waals surface area contributed by atoms with Gasteiger partial charge in [-0.3, -0.25) is 0 Å². The van der Waals surface area contributed by atoms with Gasteiger partial charge in [-0.2, -0.15) is 0 Å². The van der Waals surface area contributed by atoms with Gasteiger partial charge in [-0.15, -0.1) is 0 Å². The second kappa shape index (κ2) is 6.25. The number of carboxylic acids is 1. The zero-order valence-corrected chi connectivity index (χ0v) is 9.30. The SMILES string of the molecule is C[C@H]([NH2+]CCC(=O)[O-])[C@H](O)c1ccccc1. The van der Waals surface area contributed by atoms with Gasteiger partial charge in [0.2, 0.25) is 0 Å². The zero-order valence-electron chi connectivity index (χ0n) is 9.30. The highest BCUT2D eigenvalue weighted by Crippen LogP contribution is 2.13. The summed E-state index contributed by atoms with van der Waals surface area (Å²) in [6, 6.07) is 9.27. The number of nitrogens with two attached hydrogens (primary N) is 1. The molecule has 0 aliphatic carbocycles. The predicted octanol–water partition coefficient (Wildman–Crippen LogP) is -1.19. The van der Waals surface area contributed by atoms with Gasteiger partial charge in [-0.25, -0.2) is 0 Å². The molecule has 0 aromatic heterocycles. The smallest absolute Gasteiger partial charge is 0.130 e. The van der Waals surface area contributed by atoms with Crippen LogP contribution in [0.25, 0.3) is 0 Å². The van der Waals surface area contributed by atoms with E-state index in [2.05, 4.69) is 0 Å². The highest BCUT2D eigenvalue weighted by molar-refractivity contribution is 5.64. The summed E-state index contributed by atoms with van der Waals surface area (Å²) in [7, 11) is 0. The molecule has 0 aliphatic rings. The van der Waals surface area contributed by atoms with Gasteiger partial charge in [0.1, 0.15) is 12.1 Å². The van der Waals surface area contributed by atoms with E-state index in [0.29, 0.717) is 6.54 Å². The van der Waals surface area contributed by atoms with Crippen LogP contribution in [-0.4, -0.2) is 23.7 Å². The largest absolute Gasteiger partial charge is 0.550 e. The summed E-state index contributed by atoms with van der Waals surface area (Å²) in [5.41, 5.74) is 0.847. The highest BCUT2D eigenvalue weighted by atomic mass is 16.4. The Balaban J connectivity index is 2.42. The van der Waals surface area contributed by atoms with Crippen LogP contribution in [-0.2, 0) is 4.79 Å². The number of rotatable bonds is 6. The Morgan fingerprint density at radius 3 is 2.62 bits per heavy atom. The number of hydrogen-bond acceptors (Lipinski definition) is 3. The van der Waals surface area contributed by atoms with E-state index in [1.165, 1.54) is 0 Å². The van der Waals surface area contributed by atoms with Crippen molar-refractivity contribution in [1.82, 2.24) is 0 Å². The Morgan fingerprint density at radius 1 is 1.44 bits per heavy atom. The Bertz CT molecular complexity index is 326. The first-order valence-electron chi connectivity index (χ1n) is 5.37. The van der Waals surface area contributed by atoms with E-state index in [1.54, 1.807) is 0 Å². The third kappa shape index (κ3) is 4.00. The first-order valence-corrected chi connectivity index (χ1v) is 5.37. The van der Waals surface area contributed by atoms with Crippen LogP contribution in [0.2, 0.25) is 0 Å². The fourth-order valence-corrected chi connectivity index (χ4v) is 1.55. The molecular formula is C12H17NO3. The van der Waals surface area contributed by atoms with E-state index >= 15 is 0 Å². The summed E-state index contributed by atoms with van der Waals surface area (Å²) >= 11 is 0. The topological polar surface area (TPSA) is 77.0 Å². The van der Waals surface area contributed by atoms with Gasteiger partial charge in [-0.05, 0) is 12.5 Å². The summed E-state index contributed by atoms with van der Waals surface area (Å²) in [6.07, 6.45) is -0.575. The number of carbonyl (C=O) groups is 1. The number of aliphatic carboxylic acids is 1. The number of benzene rings is 1. The van der Waals surface area contributed by atoms with E-state index in [0.717, 1.165) is 5.56 Å². The number of hydrogen-bond donors (Lipinski definition) is 2. The quantitative estimate of drug-likeness (QED) is 0.637. The van der Waals surface area contributed by atoms with Gasteiger partial charge in [0, 0.05) is 12.4 Å². The Kier molecular flexibility index (Phi) is 4.95. The first kappa shape index (κ1) is 12.7. The molecule has 1 aromatic carbocycles. The van der Waals surface area contributed by atoms with Crippen molar-refractivity contribution in [2.24, 2.45) is 0 Å². The molecule has 1 rings (SSSR count). The highest BCUT2D eigenvalue weighted by Gasteiger charge is 2.18. The molecule has 1 aromatic rings. The van der Waals surface area contributed by atoms with Gasteiger partial charge < -0.3 is 20.3 Å². The van der Waals surface area contributed by atoms with Crippen molar-refractivity contribution in [3.8, 4) is 0 Å². The molecule has 0 bridgehead atoms. The van der Waals surface area contributed by atoms with E-state index in [-0.39, 0.29) is 12.5 Å². The molecule has 88 valence electrons. The third-order valence-electron chi connectivity index (χ3n) is 2.53. The number of aliphatic hydroxyl groups is 1. The summed E-state index contributed by atoms with van der Waals surface area (Å²) in [6.45, 7) is 2.29. The maximum absolute atomic E-state index is 10.2. The number of carboxylic acid groups (broad SMARTS) is 1. The Labute approximate surface area is 94.9 Å². The van der Waals surface area contributed by atoms with Crippen molar-refractivity contribution >= 4 is 5.97 Å². The van der Waals surface area contributed by atoms with Crippen LogP contribution in [0.1, 0.15) is 25.0 Å². The normalized spacial score (nSPS) is 14.4. The minimum atomic E-state index is -1.06. The lowest BCUT2D eigenvalue weighted by atomic mass is 10.0. The lowest BCUT2D eigenvalue weighted by Crippen LogP contribution is -2.90. The van der Waals surface area contributed by atoms with Crippen molar-refractivity contribution in [3.05, 3.63) is 35.9 Å². The van der Waals surface area contributed by atoms with E-state index in [9.17, 15) is 15.0 Å². The monoisotopic (exact) mass is 223 g/mol. The summed E-state index contributed by atoms with van der Waals surface area (Å²) in [5, 5.41) is 22.0. The van der Waals surface area contributed by atoms with Crippen molar-refractivity contribution in [2.75, 3.05) is 6.54 Å². The van der Waals surface area contributed by atoms with E-state index < -0.39 is 12.1 Å². The molecule has 0 amide bonds. The molecule has 2 atom stereocenters. The summed E-state index contributed by atoms with van der Waals surface area (Å²) < 4.78 is 0. The van der Waals surface area contributed by atoms with Crippen LogP contribution in [0.5, 0.6) is 0 Å². The van der Waals surface area contributed by atoms with Gasteiger partial charge in [0.25, 0.3) is 0 Å². The molecule has 0 saturated carbocycles. The lowest BCUT2D eigenvalue weighted by Gasteiger charge is -2.17. The fraction of sp³-hybridized carbons (Fsp3) is 0.417. The van der Waals surface area contributed by atoms with Crippen molar-refractivity contribution < 1.29 is 20.3 Å². The number of aliphatic hydroxyl groups excluding tert-OH is 1. The first-order chi connectivity index (χ1) is 7.61. The summed E-state index contributed by atoms with van der Waals surface area (Å²) in [5.74, 6) is -1.06. The summed E-state index contributed by atoms with van der Waals surface area (Å²) in [4.78, 5) is 10.2. The third-order valence-corrected chi connectivity index (χ3v) is 2.53. The molecule has 0 aliphatic heterocycles. The number of carbonyl (C=O) groups excluding carboxylic acids is 1. The Morgan fingerprint density at radius 2 is 2.06 bits per heavy atom. The van der Waals surface area contributed by atoms with Gasteiger partial charge >= 0.3 is 0 Å². The van der Waals surface area contributed by atoms with Crippen molar-refractivity contribution in [2.45, 2.75) is 25.5 Å². The van der Waals surface area contributed by atoms with Crippen LogP contribution in [0.3, 0.4) is 0 Å². The van der Waals surface area contributed by atoms with Gasteiger partial charge in [0.05, 0.1) is 6.54 Å². The molecule has 0 unspecified atom stereocenters. The van der Waals surface area contributed by atoms with Crippen LogP contribution in [0, 0.1) is 0 Å². The second-order valence-electron chi connectivity index (χ2n) is 3.86. The molecule has 0 fully saturated rings. The lowest BCUT2D eigenvalue weighted by molar-refractivity contribution is -0.694. The zero-order chi connectivity index (χ0) is 12.0. The molecule has 0 radical (unpaired) electrons. The van der Waals surface area contributed by atoms with Crippen LogP contribution < -0.4 is 10.4 Å². The van der Waals surface area contributed by atoms with Crippen LogP contribution in [0.15, 0.2) is 30.3 Å². The maximum Gasteiger partial charge on any atom is 0.130 e. The molecule has 0 heterocycles. The molecule has 4 heteroatoms. The molecule has 0 saturated heterocycles. The molecule has 0 spiro atoms. The maximum atomic E-state index is 10.2. The Hall–Kier alpha value is -1.39. The predicted molar refractivity (Wildman–Crippen MR) is 57.3 cm³/mol. The van der Waals surface area contributed by atoms with Gasteiger partial charge in [0.15, 0.2) is 0 Å². The van der Waals surface area contributed by atoms with Crippen LogP contribution in [0.4, 0.5) is 0 Å². The fourth-order valence-electron chi connectivity index (χ4n) is 1.55. The van der Waals surface area contributed by atoms with Gasteiger partial charge in [-0.1, -0.05) is 30.3 Å². The molecule has 3 N–H and O–H groups in total. The minimum Gasteiger partial charge on any atom is -0.550 e. The number of quaternary nitrogens is 1. The minimum absolute atomic E-state index is 0.00580.